The highest BCUT2D eigenvalue weighted by molar-refractivity contribution is 5.81. The Kier molecular flexibility index (Phi) is 10.9. The van der Waals surface area contributed by atoms with Gasteiger partial charge in [0.1, 0.15) is 35.8 Å². The summed E-state index contributed by atoms with van der Waals surface area (Å²) in [5.41, 5.74) is 10.4. The average molecular weight is 628 g/mol. The first-order chi connectivity index (χ1) is 21.0. The van der Waals surface area contributed by atoms with Gasteiger partial charge in [-0.1, -0.05) is 0 Å². The molecule has 0 aromatic heterocycles. The van der Waals surface area contributed by atoms with Crippen LogP contribution < -0.4 is 38.1 Å². The zero-order valence-electron chi connectivity index (χ0n) is 25.8. The van der Waals surface area contributed by atoms with Crippen LogP contribution in [0.15, 0.2) is 11.8 Å². The number of carbonyl (C=O) groups is 1. The Bertz CT molecular complexity index is 1010. The van der Waals surface area contributed by atoms with Crippen LogP contribution in [0.2, 0.25) is 0 Å². The van der Waals surface area contributed by atoms with Crippen molar-refractivity contribution in [3.8, 4) is 0 Å². The SMILES string of the molecule is CN[C@@H]1[C@@H](O)[C@@H](O[C@H]2[C@H](NC(=O)[C@@H](O)CN)CC3(CC3)C([C@H]3OC(CNCCNC4CNC4)=CC[C@H]3N)[C@@H]2O)OC[C@]1(C)O. The average Bonchev–Trinajstić information content (AvgIpc) is 3.73. The van der Waals surface area contributed by atoms with E-state index in [1.807, 2.05) is 6.08 Å². The number of likely N-dealkylation sites (N-methyl/N-ethyl adjacent to an activating group) is 1. The van der Waals surface area contributed by atoms with E-state index in [1.54, 1.807) is 14.0 Å². The largest absolute Gasteiger partial charge is 0.492 e. The number of nitrogens with one attached hydrogen (secondary N) is 5. The summed E-state index contributed by atoms with van der Waals surface area (Å²) in [6.07, 6.45) is -1.94. The van der Waals surface area contributed by atoms with Crippen LogP contribution in [0.3, 0.4) is 0 Å². The van der Waals surface area contributed by atoms with Crippen molar-refractivity contribution in [3.05, 3.63) is 11.8 Å². The van der Waals surface area contributed by atoms with Crippen molar-refractivity contribution < 1.29 is 39.4 Å². The zero-order valence-corrected chi connectivity index (χ0v) is 25.8. The van der Waals surface area contributed by atoms with Crippen LogP contribution in [0, 0.1) is 11.3 Å². The molecule has 0 aromatic rings. The molecule has 1 spiro atoms. The van der Waals surface area contributed by atoms with Gasteiger partial charge < -0.3 is 72.7 Å². The Morgan fingerprint density at radius 2 is 2.00 bits per heavy atom. The molecular weight excluding hydrogens is 574 g/mol. The third-order valence-corrected chi connectivity index (χ3v) is 10.1. The lowest BCUT2D eigenvalue weighted by molar-refractivity contribution is -0.300. The molecule has 15 heteroatoms. The Morgan fingerprint density at radius 3 is 2.64 bits per heavy atom. The molecule has 44 heavy (non-hydrogen) atoms. The highest BCUT2D eigenvalue weighted by atomic mass is 16.7. The van der Waals surface area contributed by atoms with Crippen molar-refractivity contribution in [2.45, 2.75) is 99.2 Å². The molecule has 5 aliphatic rings. The standard InChI is InChI=1S/C29H53N7O8/c1-28(41)14-42-27(22(39)25(28)32-2)44-24-18(36-26(40)19(37)10-30)9-29(5-6-29)20(21(24)38)23-17(31)4-3-16(43-23)13-33-7-8-35-15-11-34-12-15/h3,15,17-25,27,32-35,37-39,41H,4-14,30-31H2,1-2H3,(H,36,40)/t17-,18-,19+,20?,21+,22-,23+,24+,25-,27-,28+/m1/s1. The maximum absolute atomic E-state index is 12.8. The van der Waals surface area contributed by atoms with E-state index in [9.17, 15) is 25.2 Å². The molecule has 11 atom stereocenters. The van der Waals surface area contributed by atoms with E-state index in [4.69, 9.17) is 25.7 Å². The molecule has 1 unspecified atom stereocenters. The fraction of sp³-hybridized carbons (Fsp3) is 0.897. The number of hydrogen-bond donors (Lipinski definition) is 11. The van der Waals surface area contributed by atoms with Gasteiger partial charge in [-0.2, -0.15) is 0 Å². The molecule has 0 radical (unpaired) electrons. The van der Waals surface area contributed by atoms with Crippen molar-refractivity contribution in [1.82, 2.24) is 26.6 Å². The van der Waals surface area contributed by atoms with E-state index >= 15 is 0 Å². The molecule has 5 rings (SSSR count). The van der Waals surface area contributed by atoms with Crippen molar-refractivity contribution in [3.63, 3.8) is 0 Å². The highest BCUT2D eigenvalue weighted by Gasteiger charge is 2.64. The number of aliphatic hydroxyl groups excluding tert-OH is 3. The summed E-state index contributed by atoms with van der Waals surface area (Å²) in [6.45, 7) is 5.31. The van der Waals surface area contributed by atoms with Gasteiger partial charge in [-0.3, -0.25) is 4.79 Å². The minimum atomic E-state index is -1.42. The summed E-state index contributed by atoms with van der Waals surface area (Å²) < 4.78 is 18.5. The molecule has 2 saturated heterocycles. The van der Waals surface area contributed by atoms with Crippen molar-refractivity contribution in [2.24, 2.45) is 22.8 Å². The monoisotopic (exact) mass is 627 g/mol. The zero-order chi connectivity index (χ0) is 31.6. The molecule has 1 amide bonds. The normalized spacial score (nSPS) is 40.9. The molecule has 3 aliphatic heterocycles. The number of nitrogens with two attached hydrogens (primary N) is 2. The minimum Gasteiger partial charge on any atom is -0.492 e. The van der Waals surface area contributed by atoms with Gasteiger partial charge in [-0.15, -0.1) is 0 Å². The quantitative estimate of drug-likeness (QED) is 0.0864. The second-order valence-corrected chi connectivity index (χ2v) is 13.5. The third kappa shape index (κ3) is 7.24. The molecule has 4 fully saturated rings. The van der Waals surface area contributed by atoms with Crippen LogP contribution in [-0.2, 0) is 19.0 Å². The number of hydrogen-bond acceptors (Lipinski definition) is 14. The number of aliphatic hydroxyl groups is 4. The third-order valence-electron chi connectivity index (χ3n) is 10.1. The maximum Gasteiger partial charge on any atom is 0.250 e. The van der Waals surface area contributed by atoms with Crippen LogP contribution >= 0.6 is 0 Å². The summed E-state index contributed by atoms with van der Waals surface area (Å²) in [5.74, 6) is -0.316. The summed E-state index contributed by atoms with van der Waals surface area (Å²) in [7, 11) is 1.62. The maximum atomic E-state index is 12.8. The van der Waals surface area contributed by atoms with Crippen molar-refractivity contribution in [2.75, 3.05) is 52.9 Å². The fourth-order valence-electron chi connectivity index (χ4n) is 7.33. The second-order valence-electron chi connectivity index (χ2n) is 13.5. The molecule has 15 nitrogen and oxygen atoms in total. The van der Waals surface area contributed by atoms with Gasteiger partial charge in [0.2, 0.25) is 5.91 Å². The van der Waals surface area contributed by atoms with Crippen LogP contribution in [0.5, 0.6) is 0 Å². The summed E-state index contributed by atoms with van der Waals surface area (Å²) in [5, 5.41) is 59.9. The van der Waals surface area contributed by atoms with Gasteiger partial charge in [0.15, 0.2) is 6.29 Å². The predicted octanol–water partition coefficient (Wildman–Crippen LogP) is -4.46. The second kappa shape index (κ2) is 14.1. The van der Waals surface area contributed by atoms with Crippen LogP contribution in [-0.4, -0.2) is 146 Å². The number of rotatable bonds is 13. The van der Waals surface area contributed by atoms with Gasteiger partial charge in [-0.25, -0.2) is 0 Å². The summed E-state index contributed by atoms with van der Waals surface area (Å²) in [4.78, 5) is 12.8. The fourth-order valence-corrected chi connectivity index (χ4v) is 7.33. The molecule has 2 aliphatic carbocycles. The Balaban J connectivity index is 1.31. The van der Waals surface area contributed by atoms with E-state index in [0.29, 0.717) is 25.4 Å². The van der Waals surface area contributed by atoms with Crippen LogP contribution in [0.1, 0.15) is 32.6 Å². The highest BCUT2D eigenvalue weighted by Crippen LogP contribution is 2.62. The molecule has 13 N–H and O–H groups in total. The topological polar surface area (TPSA) is 238 Å². The summed E-state index contributed by atoms with van der Waals surface area (Å²) >= 11 is 0. The molecule has 3 heterocycles. The number of amides is 1. The number of carbonyl (C=O) groups excluding carboxylic acids is 1. The first kappa shape index (κ1) is 33.9. The Labute approximate surface area is 258 Å². The lowest BCUT2D eigenvalue weighted by atomic mass is 9.66. The van der Waals surface area contributed by atoms with E-state index in [0.717, 1.165) is 44.8 Å². The lowest BCUT2D eigenvalue weighted by Crippen LogP contribution is -2.68. The van der Waals surface area contributed by atoms with Crippen LogP contribution in [0.25, 0.3) is 0 Å². The molecule has 0 aromatic carbocycles. The Hall–Kier alpha value is -1.47. The van der Waals surface area contributed by atoms with E-state index in [1.165, 1.54) is 0 Å². The van der Waals surface area contributed by atoms with Gasteiger partial charge in [0.05, 0.1) is 31.3 Å². The van der Waals surface area contributed by atoms with Crippen molar-refractivity contribution in [1.29, 1.82) is 0 Å². The van der Waals surface area contributed by atoms with E-state index < -0.39 is 66.3 Å². The van der Waals surface area contributed by atoms with Gasteiger partial charge >= 0.3 is 0 Å². The van der Waals surface area contributed by atoms with Crippen LogP contribution in [0.4, 0.5) is 0 Å². The minimum absolute atomic E-state index is 0.121. The van der Waals surface area contributed by atoms with Gasteiger partial charge in [-0.05, 0) is 51.1 Å². The molecule has 252 valence electrons. The lowest BCUT2D eigenvalue weighted by Gasteiger charge is -2.52. The van der Waals surface area contributed by atoms with E-state index in [-0.39, 0.29) is 24.6 Å². The first-order valence-electron chi connectivity index (χ1n) is 16.0. The molecular formula is C29H53N7O8. The Morgan fingerprint density at radius 1 is 1.25 bits per heavy atom. The first-order valence-corrected chi connectivity index (χ1v) is 16.0. The number of ether oxygens (including phenoxy) is 3. The van der Waals surface area contributed by atoms with Gasteiger partial charge in [0.25, 0.3) is 0 Å². The molecule has 0 bridgehead atoms. The van der Waals surface area contributed by atoms with E-state index in [2.05, 4.69) is 26.6 Å². The van der Waals surface area contributed by atoms with Gasteiger partial charge in [0, 0.05) is 50.7 Å². The molecule has 2 saturated carbocycles. The predicted molar refractivity (Wildman–Crippen MR) is 160 cm³/mol. The summed E-state index contributed by atoms with van der Waals surface area (Å²) in [6, 6.07) is -1.32. The van der Waals surface area contributed by atoms with Crippen molar-refractivity contribution >= 4 is 5.91 Å². The smallest absolute Gasteiger partial charge is 0.250 e.